The lowest BCUT2D eigenvalue weighted by molar-refractivity contribution is -0.143. The number of piperidine rings is 1. The first-order valence-corrected chi connectivity index (χ1v) is 11.2. The molecule has 0 bridgehead atoms. The number of ether oxygens (including phenoxy) is 3. The topological polar surface area (TPSA) is 94.8 Å². The first-order chi connectivity index (χ1) is 15.7. The fourth-order valence-electron chi connectivity index (χ4n) is 4.61. The quantitative estimate of drug-likeness (QED) is 0.558. The number of amides is 1. The number of hydrogen-bond donors (Lipinski definition) is 0. The van der Waals surface area contributed by atoms with E-state index in [-0.39, 0.29) is 12.5 Å². The highest BCUT2D eigenvalue weighted by molar-refractivity contribution is 5.77. The molecule has 1 aromatic heterocycles. The first kappa shape index (κ1) is 22.8. The van der Waals surface area contributed by atoms with Gasteiger partial charge in [-0.3, -0.25) is 9.69 Å². The van der Waals surface area contributed by atoms with Gasteiger partial charge in [0, 0.05) is 33.3 Å². The van der Waals surface area contributed by atoms with E-state index in [9.17, 15) is 4.79 Å². The molecule has 0 aliphatic carbocycles. The number of tetrazole rings is 1. The maximum Gasteiger partial charge on any atom is 0.248 e. The van der Waals surface area contributed by atoms with Gasteiger partial charge < -0.3 is 19.1 Å². The lowest BCUT2D eigenvalue weighted by atomic mass is 9.85. The third kappa shape index (κ3) is 5.15. The Morgan fingerprint density at radius 1 is 1.19 bits per heavy atom. The van der Waals surface area contributed by atoms with Crippen molar-refractivity contribution in [1.29, 1.82) is 0 Å². The lowest BCUT2D eigenvalue weighted by Gasteiger charge is -2.49. The Balaban J connectivity index is 1.49. The van der Waals surface area contributed by atoms with Crippen molar-refractivity contribution in [3.8, 4) is 0 Å². The predicted octanol–water partition coefficient (Wildman–Crippen LogP) is 0.686. The first-order valence-electron chi connectivity index (χ1n) is 11.2. The molecule has 1 amide bonds. The van der Waals surface area contributed by atoms with Crippen LogP contribution in [-0.2, 0) is 37.7 Å². The van der Waals surface area contributed by atoms with Gasteiger partial charge in [0.15, 0.2) is 5.82 Å². The van der Waals surface area contributed by atoms with Crippen LogP contribution in [0, 0.1) is 0 Å². The van der Waals surface area contributed by atoms with Crippen molar-refractivity contribution in [1.82, 2.24) is 30.0 Å². The van der Waals surface area contributed by atoms with Crippen molar-refractivity contribution in [2.45, 2.75) is 31.5 Å². The second-order valence-corrected chi connectivity index (χ2v) is 8.25. The summed E-state index contributed by atoms with van der Waals surface area (Å²) in [6.07, 6.45) is 1.76. The van der Waals surface area contributed by atoms with Gasteiger partial charge >= 0.3 is 0 Å². The highest BCUT2D eigenvalue weighted by Crippen LogP contribution is 2.37. The fourth-order valence-corrected chi connectivity index (χ4v) is 4.61. The smallest absolute Gasteiger partial charge is 0.248 e. The lowest BCUT2D eigenvalue weighted by Crippen LogP contribution is -2.61. The third-order valence-corrected chi connectivity index (χ3v) is 6.23. The maximum absolute atomic E-state index is 13.1. The standard InChI is InChI=1S/C22H32N6O4/c1-30-13-12-28-21(23-24-25-28)22(27-10-14-31-15-11-27)8-5-9-26(18-22)20(29)17-32-16-19-6-3-2-4-7-19/h2-4,6-7H,5,8-18H2,1H3. The van der Waals surface area contributed by atoms with Crippen LogP contribution in [0.1, 0.15) is 24.2 Å². The van der Waals surface area contributed by atoms with E-state index in [0.717, 1.165) is 37.3 Å². The Bertz CT molecular complexity index is 857. The zero-order valence-corrected chi connectivity index (χ0v) is 18.7. The molecule has 2 aliphatic rings. The van der Waals surface area contributed by atoms with E-state index >= 15 is 0 Å². The molecule has 1 atom stereocenters. The molecule has 10 heteroatoms. The van der Waals surface area contributed by atoms with E-state index in [1.807, 2.05) is 39.9 Å². The van der Waals surface area contributed by atoms with Gasteiger partial charge in [-0.05, 0) is 28.8 Å². The molecule has 0 spiro atoms. The summed E-state index contributed by atoms with van der Waals surface area (Å²) >= 11 is 0. The highest BCUT2D eigenvalue weighted by atomic mass is 16.5. The van der Waals surface area contributed by atoms with Crippen LogP contribution in [0.2, 0.25) is 0 Å². The summed E-state index contributed by atoms with van der Waals surface area (Å²) in [6.45, 7) is 5.70. The molecule has 3 heterocycles. The molecule has 4 rings (SSSR count). The number of hydrogen-bond acceptors (Lipinski definition) is 8. The second-order valence-electron chi connectivity index (χ2n) is 8.25. The predicted molar refractivity (Wildman–Crippen MR) is 116 cm³/mol. The number of benzene rings is 1. The Morgan fingerprint density at radius 2 is 2.00 bits per heavy atom. The molecule has 2 aliphatic heterocycles. The summed E-state index contributed by atoms with van der Waals surface area (Å²) in [5.41, 5.74) is 0.605. The molecule has 2 fully saturated rings. The molecule has 0 N–H and O–H groups in total. The van der Waals surface area contributed by atoms with Crippen LogP contribution in [0.5, 0.6) is 0 Å². The number of carbonyl (C=O) groups excluding carboxylic acids is 1. The number of likely N-dealkylation sites (tertiary alicyclic amines) is 1. The van der Waals surface area contributed by atoms with Gasteiger partial charge in [-0.15, -0.1) is 5.10 Å². The molecular weight excluding hydrogens is 412 g/mol. The molecule has 0 radical (unpaired) electrons. The number of morpholine rings is 1. The van der Waals surface area contributed by atoms with Gasteiger partial charge in [0.25, 0.3) is 0 Å². The van der Waals surface area contributed by atoms with E-state index in [1.165, 1.54) is 0 Å². The summed E-state index contributed by atoms with van der Waals surface area (Å²) < 4.78 is 18.4. The molecule has 1 unspecified atom stereocenters. The normalized spacial score (nSPS) is 22.2. The molecule has 174 valence electrons. The molecule has 2 saturated heterocycles. The Kier molecular flexibility index (Phi) is 7.80. The van der Waals surface area contributed by atoms with E-state index in [0.29, 0.717) is 46.1 Å². The molecule has 10 nitrogen and oxygen atoms in total. The van der Waals surface area contributed by atoms with Crippen molar-refractivity contribution in [3.05, 3.63) is 41.7 Å². The van der Waals surface area contributed by atoms with Crippen LogP contribution in [0.25, 0.3) is 0 Å². The van der Waals surface area contributed by atoms with Crippen LogP contribution in [-0.4, -0.2) is 95.6 Å². The van der Waals surface area contributed by atoms with E-state index in [1.54, 1.807) is 7.11 Å². The number of rotatable bonds is 9. The van der Waals surface area contributed by atoms with Crippen LogP contribution < -0.4 is 0 Å². The van der Waals surface area contributed by atoms with E-state index < -0.39 is 5.54 Å². The van der Waals surface area contributed by atoms with Crippen LogP contribution in [0.15, 0.2) is 30.3 Å². The van der Waals surface area contributed by atoms with E-state index in [4.69, 9.17) is 14.2 Å². The van der Waals surface area contributed by atoms with Gasteiger partial charge in [0.2, 0.25) is 5.91 Å². The van der Waals surface area contributed by atoms with Crippen LogP contribution in [0.4, 0.5) is 0 Å². The summed E-state index contributed by atoms with van der Waals surface area (Å²) in [5, 5.41) is 12.6. The average molecular weight is 445 g/mol. The fraction of sp³-hybridized carbons (Fsp3) is 0.636. The monoisotopic (exact) mass is 444 g/mol. The SMILES string of the molecule is COCCn1nnnc1C1(N2CCOCC2)CCCN(C(=O)COCc2ccccc2)C1. The minimum Gasteiger partial charge on any atom is -0.383 e. The highest BCUT2D eigenvalue weighted by Gasteiger charge is 2.47. The van der Waals surface area contributed by atoms with Gasteiger partial charge in [0.1, 0.15) is 12.1 Å². The molecule has 2 aromatic rings. The third-order valence-electron chi connectivity index (χ3n) is 6.23. The largest absolute Gasteiger partial charge is 0.383 e. The number of carbonyl (C=O) groups is 1. The average Bonchev–Trinajstić information content (AvgIpc) is 3.33. The molecule has 0 saturated carbocycles. The zero-order valence-electron chi connectivity index (χ0n) is 18.7. The van der Waals surface area contributed by atoms with Gasteiger partial charge in [-0.1, -0.05) is 30.3 Å². The summed E-state index contributed by atoms with van der Waals surface area (Å²) in [7, 11) is 1.66. The number of methoxy groups -OCH3 is 1. The summed E-state index contributed by atoms with van der Waals surface area (Å²) in [5.74, 6) is 0.785. The van der Waals surface area contributed by atoms with Gasteiger partial charge in [-0.25, -0.2) is 4.68 Å². The van der Waals surface area contributed by atoms with E-state index in [2.05, 4.69) is 20.4 Å². The van der Waals surface area contributed by atoms with Crippen molar-refractivity contribution in [3.63, 3.8) is 0 Å². The molecule has 32 heavy (non-hydrogen) atoms. The molecular formula is C22H32N6O4. The van der Waals surface area contributed by atoms with Crippen LogP contribution in [0.3, 0.4) is 0 Å². The number of aromatic nitrogens is 4. The van der Waals surface area contributed by atoms with Crippen molar-refractivity contribution in [2.75, 3.05) is 59.7 Å². The second kappa shape index (κ2) is 11.0. The van der Waals surface area contributed by atoms with Crippen LogP contribution >= 0.6 is 0 Å². The van der Waals surface area contributed by atoms with Gasteiger partial charge in [-0.2, -0.15) is 0 Å². The number of nitrogens with zero attached hydrogens (tertiary/aromatic N) is 6. The zero-order chi connectivity index (χ0) is 22.2. The summed E-state index contributed by atoms with van der Waals surface area (Å²) in [4.78, 5) is 17.4. The minimum atomic E-state index is -0.450. The van der Waals surface area contributed by atoms with Crippen molar-refractivity contribution >= 4 is 5.91 Å². The van der Waals surface area contributed by atoms with Crippen molar-refractivity contribution in [2.24, 2.45) is 0 Å². The van der Waals surface area contributed by atoms with Gasteiger partial charge in [0.05, 0.1) is 33.0 Å². The minimum absolute atomic E-state index is 0.00539. The Labute approximate surface area is 188 Å². The van der Waals surface area contributed by atoms with Crippen molar-refractivity contribution < 1.29 is 19.0 Å². The molecule has 1 aromatic carbocycles. The maximum atomic E-state index is 13.1. The summed E-state index contributed by atoms with van der Waals surface area (Å²) in [6, 6.07) is 9.89. The Hall–Kier alpha value is -2.40. The Morgan fingerprint density at radius 3 is 2.78 bits per heavy atom.